The number of ketones is 1. The number of hydrogen-bond donors (Lipinski definition) is 1. The van der Waals surface area contributed by atoms with E-state index < -0.39 is 0 Å². The second kappa shape index (κ2) is 5.75. The monoisotopic (exact) mass is 297 g/mol. The summed E-state index contributed by atoms with van der Waals surface area (Å²) >= 11 is 0. The molecule has 2 aromatic rings. The van der Waals surface area contributed by atoms with Crippen molar-refractivity contribution in [2.24, 2.45) is 5.92 Å². The summed E-state index contributed by atoms with van der Waals surface area (Å²) in [4.78, 5) is 21.1. The summed E-state index contributed by atoms with van der Waals surface area (Å²) in [6.45, 7) is 3.95. The number of Topliss-reactive ketones (excluding diaryl/α,β-unsaturated/α-hetero) is 1. The number of hydrogen-bond acceptors (Lipinski definition) is 5. The van der Waals surface area contributed by atoms with E-state index in [-0.39, 0.29) is 5.78 Å². The van der Waals surface area contributed by atoms with E-state index in [2.05, 4.69) is 22.2 Å². The maximum atomic E-state index is 12.1. The lowest BCUT2D eigenvalue weighted by atomic mass is 9.86. The van der Waals surface area contributed by atoms with Crippen molar-refractivity contribution >= 4 is 17.4 Å². The van der Waals surface area contributed by atoms with Crippen LogP contribution in [0.5, 0.6) is 5.75 Å². The van der Waals surface area contributed by atoms with E-state index in [1.165, 1.54) is 0 Å². The molecule has 22 heavy (non-hydrogen) atoms. The molecule has 1 aliphatic carbocycles. The summed E-state index contributed by atoms with van der Waals surface area (Å²) in [5, 5.41) is 3.19. The van der Waals surface area contributed by atoms with Gasteiger partial charge in [0.15, 0.2) is 5.78 Å². The first-order valence-corrected chi connectivity index (χ1v) is 7.38. The number of fused-ring (bicyclic) bond motifs is 1. The summed E-state index contributed by atoms with van der Waals surface area (Å²) in [6.07, 6.45) is 1.41. The fourth-order valence-corrected chi connectivity index (χ4v) is 2.82. The number of nitrogens with zero attached hydrogens (tertiary/aromatic N) is 2. The van der Waals surface area contributed by atoms with Gasteiger partial charge in [-0.05, 0) is 43.5 Å². The van der Waals surface area contributed by atoms with E-state index >= 15 is 0 Å². The average Bonchev–Trinajstić information content (AvgIpc) is 2.46. The molecule has 0 bridgehead atoms. The minimum Gasteiger partial charge on any atom is -0.497 e. The van der Waals surface area contributed by atoms with E-state index in [1.807, 2.05) is 31.2 Å². The largest absolute Gasteiger partial charge is 0.497 e. The van der Waals surface area contributed by atoms with Gasteiger partial charge in [-0.1, -0.05) is 6.92 Å². The van der Waals surface area contributed by atoms with Crippen LogP contribution in [0.15, 0.2) is 24.3 Å². The SMILES string of the molecule is COc1ccc(Nc2nc(C)c3c(n2)C[C@H](C)CC3=O)cc1. The molecule has 1 aromatic carbocycles. The highest BCUT2D eigenvalue weighted by atomic mass is 16.5. The number of aryl methyl sites for hydroxylation is 1. The lowest BCUT2D eigenvalue weighted by Crippen LogP contribution is -2.22. The number of nitrogens with one attached hydrogen (secondary N) is 1. The minimum absolute atomic E-state index is 0.155. The summed E-state index contributed by atoms with van der Waals surface area (Å²) in [7, 11) is 1.64. The van der Waals surface area contributed by atoms with E-state index in [0.717, 1.165) is 29.2 Å². The molecule has 1 atom stereocenters. The van der Waals surface area contributed by atoms with Gasteiger partial charge in [0.2, 0.25) is 5.95 Å². The number of rotatable bonds is 3. The Morgan fingerprint density at radius 3 is 2.59 bits per heavy atom. The lowest BCUT2D eigenvalue weighted by molar-refractivity contribution is 0.0951. The number of methoxy groups -OCH3 is 1. The van der Waals surface area contributed by atoms with Crippen LogP contribution in [0, 0.1) is 12.8 Å². The molecule has 1 heterocycles. The normalized spacial score (nSPS) is 17.0. The molecule has 0 spiro atoms. The van der Waals surface area contributed by atoms with Gasteiger partial charge < -0.3 is 10.1 Å². The molecule has 1 aliphatic rings. The van der Waals surface area contributed by atoms with Crippen LogP contribution in [0.1, 0.15) is 35.1 Å². The van der Waals surface area contributed by atoms with E-state index in [0.29, 0.717) is 23.9 Å². The summed E-state index contributed by atoms with van der Waals surface area (Å²) in [5.74, 6) is 1.82. The predicted octanol–water partition coefficient (Wildman–Crippen LogP) is 3.30. The molecular weight excluding hydrogens is 278 g/mol. The maximum absolute atomic E-state index is 12.1. The Hall–Kier alpha value is -2.43. The van der Waals surface area contributed by atoms with Crippen molar-refractivity contribution in [1.29, 1.82) is 0 Å². The number of aromatic nitrogens is 2. The van der Waals surface area contributed by atoms with Crippen molar-refractivity contribution in [3.8, 4) is 5.75 Å². The highest BCUT2D eigenvalue weighted by Crippen LogP contribution is 2.27. The third kappa shape index (κ3) is 2.79. The lowest BCUT2D eigenvalue weighted by Gasteiger charge is -2.21. The molecule has 0 unspecified atom stereocenters. The fraction of sp³-hybridized carbons (Fsp3) is 0.353. The van der Waals surface area contributed by atoms with Gasteiger partial charge in [0, 0.05) is 12.1 Å². The highest BCUT2D eigenvalue weighted by molar-refractivity contribution is 5.99. The van der Waals surface area contributed by atoms with Crippen LogP contribution in [0.2, 0.25) is 0 Å². The van der Waals surface area contributed by atoms with Gasteiger partial charge in [0.25, 0.3) is 0 Å². The summed E-state index contributed by atoms with van der Waals surface area (Å²) in [5.41, 5.74) is 3.19. The Balaban J connectivity index is 1.90. The van der Waals surface area contributed by atoms with Crippen LogP contribution in [0.4, 0.5) is 11.6 Å². The van der Waals surface area contributed by atoms with Crippen LogP contribution in [-0.4, -0.2) is 22.9 Å². The number of benzene rings is 1. The molecule has 114 valence electrons. The zero-order chi connectivity index (χ0) is 15.7. The van der Waals surface area contributed by atoms with E-state index in [1.54, 1.807) is 7.11 Å². The molecule has 5 nitrogen and oxygen atoms in total. The van der Waals surface area contributed by atoms with Gasteiger partial charge >= 0.3 is 0 Å². The Morgan fingerprint density at radius 1 is 1.18 bits per heavy atom. The molecule has 0 fully saturated rings. The van der Waals surface area contributed by atoms with Crippen molar-refractivity contribution in [3.05, 3.63) is 41.2 Å². The van der Waals surface area contributed by atoms with Gasteiger partial charge in [-0.15, -0.1) is 0 Å². The van der Waals surface area contributed by atoms with Crippen LogP contribution < -0.4 is 10.1 Å². The van der Waals surface area contributed by atoms with Crippen LogP contribution >= 0.6 is 0 Å². The maximum Gasteiger partial charge on any atom is 0.227 e. The van der Waals surface area contributed by atoms with Crippen LogP contribution in [0.3, 0.4) is 0 Å². The smallest absolute Gasteiger partial charge is 0.227 e. The van der Waals surface area contributed by atoms with Crippen molar-refractivity contribution in [2.45, 2.75) is 26.7 Å². The molecule has 0 amide bonds. The first-order chi connectivity index (χ1) is 10.6. The zero-order valence-corrected chi connectivity index (χ0v) is 13.0. The van der Waals surface area contributed by atoms with Gasteiger partial charge in [-0.2, -0.15) is 0 Å². The first-order valence-electron chi connectivity index (χ1n) is 7.38. The first kappa shape index (κ1) is 14.5. The molecule has 0 saturated carbocycles. The number of carbonyl (C=O) groups is 1. The van der Waals surface area contributed by atoms with Gasteiger partial charge in [0.05, 0.1) is 24.1 Å². The summed E-state index contributed by atoms with van der Waals surface area (Å²) in [6, 6.07) is 7.56. The van der Waals surface area contributed by atoms with Crippen LogP contribution in [0.25, 0.3) is 0 Å². The molecule has 1 aromatic heterocycles. The number of ether oxygens (including phenoxy) is 1. The van der Waals surface area contributed by atoms with Gasteiger partial charge in [-0.3, -0.25) is 4.79 Å². The molecular formula is C17H19N3O2. The van der Waals surface area contributed by atoms with Crippen molar-refractivity contribution < 1.29 is 9.53 Å². The van der Waals surface area contributed by atoms with E-state index in [4.69, 9.17) is 4.74 Å². The summed E-state index contributed by atoms with van der Waals surface area (Å²) < 4.78 is 5.14. The third-order valence-corrected chi connectivity index (χ3v) is 3.87. The topological polar surface area (TPSA) is 64.1 Å². The third-order valence-electron chi connectivity index (χ3n) is 3.87. The minimum atomic E-state index is 0.155. The number of anilines is 2. The second-order valence-electron chi connectivity index (χ2n) is 5.74. The van der Waals surface area contributed by atoms with E-state index in [9.17, 15) is 4.79 Å². The Bertz CT molecular complexity index is 711. The highest BCUT2D eigenvalue weighted by Gasteiger charge is 2.26. The quantitative estimate of drug-likeness (QED) is 0.941. The van der Waals surface area contributed by atoms with Crippen molar-refractivity contribution in [1.82, 2.24) is 9.97 Å². The van der Waals surface area contributed by atoms with Crippen molar-refractivity contribution in [3.63, 3.8) is 0 Å². The van der Waals surface area contributed by atoms with Crippen molar-refractivity contribution in [2.75, 3.05) is 12.4 Å². The molecule has 3 rings (SSSR count). The Kier molecular flexibility index (Phi) is 3.79. The molecule has 5 heteroatoms. The van der Waals surface area contributed by atoms with Crippen LogP contribution in [-0.2, 0) is 6.42 Å². The molecule has 1 N–H and O–H groups in total. The zero-order valence-electron chi connectivity index (χ0n) is 13.0. The van der Waals surface area contributed by atoms with Gasteiger partial charge in [-0.25, -0.2) is 9.97 Å². The number of carbonyl (C=O) groups excluding carboxylic acids is 1. The fourth-order valence-electron chi connectivity index (χ4n) is 2.82. The standard InChI is InChI=1S/C17H19N3O2/c1-10-8-14-16(15(21)9-10)11(2)18-17(20-14)19-12-4-6-13(22-3)7-5-12/h4-7,10H,8-9H2,1-3H3,(H,18,19,20)/t10-/m0/s1. The second-order valence-corrected chi connectivity index (χ2v) is 5.74. The average molecular weight is 297 g/mol. The molecule has 0 radical (unpaired) electrons. The molecule has 0 saturated heterocycles. The predicted molar refractivity (Wildman–Crippen MR) is 84.9 cm³/mol. The van der Waals surface area contributed by atoms with Gasteiger partial charge in [0.1, 0.15) is 5.75 Å². The Labute approximate surface area is 129 Å². The molecule has 0 aliphatic heterocycles. The Morgan fingerprint density at radius 2 is 1.91 bits per heavy atom.